The molecule has 1 saturated carbocycles. The first-order valence-electron chi connectivity index (χ1n) is 9.19. The number of nitrogens with one attached hydrogen (secondary N) is 1. The van der Waals surface area contributed by atoms with E-state index >= 15 is 0 Å². The van der Waals surface area contributed by atoms with Crippen LogP contribution in [0.5, 0.6) is 5.75 Å². The molecule has 0 bridgehead atoms. The number of ether oxygens (including phenoxy) is 2. The molecule has 9 heteroatoms. The first-order chi connectivity index (χ1) is 12.6. The van der Waals surface area contributed by atoms with Crippen LogP contribution < -0.4 is 14.9 Å². The van der Waals surface area contributed by atoms with Gasteiger partial charge in [0.25, 0.3) is 0 Å². The van der Waals surface area contributed by atoms with Crippen molar-refractivity contribution in [3.05, 3.63) is 18.2 Å². The molecule has 0 unspecified atom stereocenters. The molecule has 2 fully saturated rings. The summed E-state index contributed by atoms with van der Waals surface area (Å²) in [5, 5.41) is -0.296. The van der Waals surface area contributed by atoms with Gasteiger partial charge in [-0.3, -0.25) is 4.72 Å². The second-order valence-corrected chi connectivity index (χ2v) is 9.99. The van der Waals surface area contributed by atoms with Gasteiger partial charge in [0.05, 0.1) is 23.1 Å². The van der Waals surface area contributed by atoms with Crippen LogP contribution in [0, 0.1) is 0 Å². The first-order valence-corrected chi connectivity index (χ1v) is 10.7. The maximum atomic E-state index is 12.3. The third-order valence-electron chi connectivity index (χ3n) is 5.29. The molecule has 0 radical (unpaired) electrons. The first kappa shape index (κ1) is 20.4. The third kappa shape index (κ3) is 4.42. The van der Waals surface area contributed by atoms with Gasteiger partial charge < -0.3 is 18.8 Å². The van der Waals surface area contributed by atoms with Crippen molar-refractivity contribution >= 4 is 28.3 Å². The fraction of sp³-hybridized carbons (Fsp3) is 0.667. The summed E-state index contributed by atoms with van der Waals surface area (Å²) < 4.78 is 50.3. The Morgan fingerprint density at radius 2 is 1.78 bits per heavy atom. The number of sulfonamides is 1. The Labute approximate surface area is 161 Å². The summed E-state index contributed by atoms with van der Waals surface area (Å²) >= 11 is 0. The second-order valence-electron chi connectivity index (χ2n) is 8.03. The predicted octanol–water partition coefficient (Wildman–Crippen LogP) is 1.92. The van der Waals surface area contributed by atoms with Crippen molar-refractivity contribution in [2.24, 2.45) is 0 Å². The minimum absolute atomic E-state index is 0.296. The average Bonchev–Trinajstić information content (AvgIpc) is 3.37. The van der Waals surface area contributed by atoms with Gasteiger partial charge in [0, 0.05) is 18.3 Å². The molecule has 1 N–H and O–H groups in total. The van der Waals surface area contributed by atoms with Gasteiger partial charge in [0.1, 0.15) is 12.4 Å². The van der Waals surface area contributed by atoms with E-state index in [1.54, 1.807) is 25.3 Å². The molecular formula is C18H28BNO6S. The Morgan fingerprint density at radius 1 is 1.15 bits per heavy atom. The van der Waals surface area contributed by atoms with Gasteiger partial charge in [-0.05, 0) is 58.7 Å². The lowest BCUT2D eigenvalue weighted by Gasteiger charge is -2.32. The lowest BCUT2D eigenvalue weighted by molar-refractivity contribution is 0.00578. The van der Waals surface area contributed by atoms with Crippen LogP contribution >= 0.6 is 0 Å². The zero-order valence-electron chi connectivity index (χ0n) is 16.6. The van der Waals surface area contributed by atoms with E-state index in [2.05, 4.69) is 4.72 Å². The molecule has 0 atom stereocenters. The Bertz CT molecular complexity index is 775. The van der Waals surface area contributed by atoms with E-state index in [9.17, 15) is 8.42 Å². The monoisotopic (exact) mass is 397 g/mol. The molecule has 2 aliphatic rings. The van der Waals surface area contributed by atoms with E-state index in [-0.39, 0.29) is 5.25 Å². The van der Waals surface area contributed by atoms with Crippen molar-refractivity contribution < 1.29 is 27.2 Å². The summed E-state index contributed by atoms with van der Waals surface area (Å²) in [7, 11) is -2.40. The van der Waals surface area contributed by atoms with E-state index in [1.165, 1.54) is 0 Å². The number of anilines is 1. The molecule has 0 aromatic heterocycles. The van der Waals surface area contributed by atoms with E-state index < -0.39 is 28.3 Å². The van der Waals surface area contributed by atoms with Crippen molar-refractivity contribution in [1.29, 1.82) is 0 Å². The van der Waals surface area contributed by atoms with Crippen molar-refractivity contribution in [1.82, 2.24) is 0 Å². The normalized spacial score (nSPS) is 21.3. The molecule has 1 aliphatic heterocycles. The van der Waals surface area contributed by atoms with Crippen LogP contribution in [0.1, 0.15) is 40.5 Å². The summed E-state index contributed by atoms with van der Waals surface area (Å²) in [6, 6.07) is 5.15. The lowest BCUT2D eigenvalue weighted by Crippen LogP contribution is -2.41. The number of methoxy groups -OCH3 is 1. The van der Waals surface area contributed by atoms with Gasteiger partial charge in [0.2, 0.25) is 10.0 Å². The van der Waals surface area contributed by atoms with E-state index in [0.717, 1.165) is 0 Å². The zero-order chi connectivity index (χ0) is 19.9. The molecule has 7 nitrogen and oxygen atoms in total. The zero-order valence-corrected chi connectivity index (χ0v) is 17.4. The summed E-state index contributed by atoms with van der Waals surface area (Å²) in [5.41, 5.74) is 0.113. The summed E-state index contributed by atoms with van der Waals surface area (Å²) in [4.78, 5) is 0. The molecular weight excluding hydrogens is 369 g/mol. The number of hydrogen-bond acceptors (Lipinski definition) is 6. The van der Waals surface area contributed by atoms with Gasteiger partial charge in [-0.1, -0.05) is 0 Å². The van der Waals surface area contributed by atoms with E-state index in [1.807, 2.05) is 27.7 Å². The van der Waals surface area contributed by atoms with Gasteiger partial charge >= 0.3 is 7.12 Å². The molecule has 1 heterocycles. The minimum atomic E-state index is -3.35. The predicted molar refractivity (Wildman–Crippen MR) is 105 cm³/mol. The Balaban J connectivity index is 1.89. The molecule has 3 rings (SSSR count). The quantitative estimate of drug-likeness (QED) is 0.533. The molecule has 1 saturated heterocycles. The van der Waals surface area contributed by atoms with Crippen LogP contribution in [-0.2, 0) is 24.1 Å². The van der Waals surface area contributed by atoms with Gasteiger partial charge in [-0.15, -0.1) is 0 Å². The fourth-order valence-corrected chi connectivity index (χ4v) is 4.14. The maximum absolute atomic E-state index is 12.3. The Kier molecular flexibility index (Phi) is 5.51. The van der Waals surface area contributed by atoms with Crippen molar-refractivity contribution in [2.45, 2.75) is 57.0 Å². The standard InChI is InChI=1S/C18H28BNO6S/c1-17(2)18(3,4)26-19(25-17)15-12-13(20-27(21,22)14-7-8-14)6-9-16(15)24-11-10-23-5/h6,9,12,14,20H,7-8,10-11H2,1-5H3. The number of benzene rings is 1. The largest absolute Gasteiger partial charge is 0.498 e. The van der Waals surface area contributed by atoms with E-state index in [0.29, 0.717) is 43.0 Å². The highest BCUT2D eigenvalue weighted by atomic mass is 32.2. The topological polar surface area (TPSA) is 83.1 Å². The second kappa shape index (κ2) is 7.27. The van der Waals surface area contributed by atoms with Crippen LogP contribution in [0.25, 0.3) is 0 Å². The smallest absolute Gasteiger partial charge is 0.492 e. The highest BCUT2D eigenvalue weighted by Crippen LogP contribution is 2.37. The minimum Gasteiger partial charge on any atom is -0.492 e. The molecule has 1 aromatic carbocycles. The molecule has 150 valence electrons. The molecule has 0 spiro atoms. The van der Waals surface area contributed by atoms with Crippen LogP contribution in [-0.4, -0.2) is 52.3 Å². The number of hydrogen-bond donors (Lipinski definition) is 1. The lowest BCUT2D eigenvalue weighted by atomic mass is 9.78. The average molecular weight is 397 g/mol. The fourth-order valence-electron chi connectivity index (χ4n) is 2.76. The van der Waals surface area contributed by atoms with E-state index in [4.69, 9.17) is 18.8 Å². The maximum Gasteiger partial charge on any atom is 0.498 e. The third-order valence-corrected chi connectivity index (χ3v) is 7.15. The summed E-state index contributed by atoms with van der Waals surface area (Å²) in [5.74, 6) is 0.583. The van der Waals surface area contributed by atoms with Gasteiger partial charge in [-0.25, -0.2) is 8.42 Å². The van der Waals surface area contributed by atoms with Crippen LogP contribution in [0.3, 0.4) is 0 Å². The number of rotatable bonds is 8. The highest BCUT2D eigenvalue weighted by Gasteiger charge is 2.52. The molecule has 27 heavy (non-hydrogen) atoms. The van der Waals surface area contributed by atoms with Crippen LogP contribution in [0.15, 0.2) is 18.2 Å². The molecule has 1 aliphatic carbocycles. The Morgan fingerprint density at radius 3 is 2.33 bits per heavy atom. The van der Waals surface area contributed by atoms with Crippen LogP contribution in [0.4, 0.5) is 5.69 Å². The highest BCUT2D eigenvalue weighted by molar-refractivity contribution is 7.93. The van der Waals surface area contributed by atoms with Crippen molar-refractivity contribution in [3.8, 4) is 5.75 Å². The molecule has 1 aromatic rings. The van der Waals surface area contributed by atoms with Gasteiger partial charge in [-0.2, -0.15) is 0 Å². The van der Waals surface area contributed by atoms with Crippen LogP contribution in [0.2, 0.25) is 0 Å². The van der Waals surface area contributed by atoms with Crippen molar-refractivity contribution in [3.63, 3.8) is 0 Å². The SMILES string of the molecule is COCCOc1ccc(NS(=O)(=O)C2CC2)cc1B1OC(C)(C)C(C)(C)O1. The summed E-state index contributed by atoms with van der Waals surface area (Å²) in [6.45, 7) is 8.70. The Hall–Kier alpha value is -1.29. The van der Waals surface area contributed by atoms with Gasteiger partial charge in [0.15, 0.2) is 0 Å². The van der Waals surface area contributed by atoms with Crippen molar-refractivity contribution in [2.75, 3.05) is 25.0 Å². The molecule has 0 amide bonds. The summed E-state index contributed by atoms with van der Waals surface area (Å²) in [6.07, 6.45) is 1.41.